The average Bonchev–Trinajstić information content (AvgIpc) is 2.67. The van der Waals surface area contributed by atoms with Gasteiger partial charge in [-0.3, -0.25) is 10.2 Å². The molecule has 1 heterocycles. The summed E-state index contributed by atoms with van der Waals surface area (Å²) >= 11 is 0. The van der Waals surface area contributed by atoms with Gasteiger partial charge in [0.1, 0.15) is 0 Å². The van der Waals surface area contributed by atoms with Crippen molar-refractivity contribution in [2.45, 2.75) is 58.5 Å². The molecule has 0 spiro atoms. The van der Waals surface area contributed by atoms with Crippen LogP contribution in [0.1, 0.15) is 52.9 Å². The maximum absolute atomic E-state index is 11.5. The summed E-state index contributed by atoms with van der Waals surface area (Å²) in [6.45, 7) is 11.6. The second-order valence-electron chi connectivity index (χ2n) is 6.44. The van der Waals surface area contributed by atoms with Crippen LogP contribution in [0.3, 0.4) is 0 Å². The third-order valence-electron chi connectivity index (χ3n) is 3.83. The fraction of sp³-hybridized carbons (Fsp3) is 0.867. The molecule has 2 atom stereocenters. The molecule has 1 saturated heterocycles. The lowest BCUT2D eigenvalue weighted by Gasteiger charge is -2.25. The molecule has 4 heteroatoms. The molecular formula is C15H29N2O2. The van der Waals surface area contributed by atoms with Crippen molar-refractivity contribution in [3.05, 3.63) is 6.92 Å². The molecule has 0 aliphatic carbocycles. The van der Waals surface area contributed by atoms with Gasteiger partial charge in [0.2, 0.25) is 5.91 Å². The Hall–Kier alpha value is -0.610. The molecule has 1 aliphatic heterocycles. The zero-order chi connectivity index (χ0) is 14.5. The highest BCUT2D eigenvalue weighted by molar-refractivity contribution is 5.80. The van der Waals surface area contributed by atoms with Gasteiger partial charge in [0, 0.05) is 13.1 Å². The number of rotatable bonds is 8. The van der Waals surface area contributed by atoms with Gasteiger partial charge in [-0.25, -0.2) is 5.01 Å². The van der Waals surface area contributed by atoms with Crippen LogP contribution in [0.15, 0.2) is 0 Å². The van der Waals surface area contributed by atoms with E-state index in [4.69, 9.17) is 0 Å². The summed E-state index contributed by atoms with van der Waals surface area (Å²) in [7, 11) is 0. The summed E-state index contributed by atoms with van der Waals surface area (Å²) in [5.41, 5.74) is 2.28. The van der Waals surface area contributed by atoms with Gasteiger partial charge in [-0.2, -0.15) is 0 Å². The third-order valence-corrected chi connectivity index (χ3v) is 3.83. The van der Waals surface area contributed by atoms with E-state index in [0.717, 1.165) is 38.8 Å². The molecule has 19 heavy (non-hydrogen) atoms. The second-order valence-corrected chi connectivity index (χ2v) is 6.44. The van der Waals surface area contributed by atoms with Crippen LogP contribution in [0.4, 0.5) is 0 Å². The Labute approximate surface area is 117 Å². The highest BCUT2D eigenvalue weighted by Crippen LogP contribution is 2.22. The van der Waals surface area contributed by atoms with Crippen LogP contribution < -0.4 is 5.43 Å². The van der Waals surface area contributed by atoms with Gasteiger partial charge in [-0.1, -0.05) is 20.8 Å². The first-order valence-electron chi connectivity index (χ1n) is 7.41. The van der Waals surface area contributed by atoms with Crippen molar-refractivity contribution >= 4 is 5.91 Å². The first-order chi connectivity index (χ1) is 8.84. The molecule has 0 saturated carbocycles. The van der Waals surface area contributed by atoms with Gasteiger partial charge in [0.05, 0.1) is 11.5 Å². The normalized spacial score (nSPS) is 23.7. The quantitative estimate of drug-likeness (QED) is 0.710. The van der Waals surface area contributed by atoms with Crippen molar-refractivity contribution in [1.29, 1.82) is 0 Å². The molecular weight excluding hydrogens is 240 g/mol. The molecule has 1 radical (unpaired) electrons. The highest BCUT2D eigenvalue weighted by Gasteiger charge is 2.29. The van der Waals surface area contributed by atoms with Gasteiger partial charge in [-0.05, 0) is 44.9 Å². The number of nitrogens with one attached hydrogen (secondary N) is 1. The minimum atomic E-state index is -0.584. The van der Waals surface area contributed by atoms with Crippen LogP contribution >= 0.6 is 0 Å². The maximum atomic E-state index is 11.5. The predicted octanol–water partition coefficient (Wildman–Crippen LogP) is 2.14. The van der Waals surface area contributed by atoms with Gasteiger partial charge in [0.15, 0.2) is 0 Å². The van der Waals surface area contributed by atoms with Crippen molar-refractivity contribution in [1.82, 2.24) is 10.4 Å². The molecule has 0 bridgehead atoms. The standard InChI is InChI=1S/C15H29N2O2/c1-5-13-11-17(16-14(13)18)10-6-8-15(4,19)9-7-12(2)3/h12-13,19H,1,5-11H2,2-4H3,(H,16,18). The van der Waals surface area contributed by atoms with Crippen molar-refractivity contribution < 1.29 is 9.90 Å². The van der Waals surface area contributed by atoms with Gasteiger partial charge >= 0.3 is 0 Å². The fourth-order valence-corrected chi connectivity index (χ4v) is 2.39. The minimum absolute atomic E-state index is 0.0291. The summed E-state index contributed by atoms with van der Waals surface area (Å²) in [5, 5.41) is 12.2. The third kappa shape index (κ3) is 5.91. The molecule has 1 aliphatic rings. The Bertz CT molecular complexity index is 290. The van der Waals surface area contributed by atoms with Gasteiger partial charge in [-0.15, -0.1) is 0 Å². The number of hydrazine groups is 1. The Balaban J connectivity index is 2.21. The summed E-state index contributed by atoms with van der Waals surface area (Å²) in [6, 6.07) is 0. The van der Waals surface area contributed by atoms with Crippen LogP contribution in [0.25, 0.3) is 0 Å². The topological polar surface area (TPSA) is 52.6 Å². The summed E-state index contributed by atoms with van der Waals surface area (Å²) in [4.78, 5) is 11.5. The molecule has 2 N–H and O–H groups in total. The fourth-order valence-electron chi connectivity index (χ4n) is 2.39. The van der Waals surface area contributed by atoms with E-state index in [2.05, 4.69) is 26.2 Å². The number of carbonyl (C=O) groups excluding carboxylic acids is 1. The molecule has 0 aromatic heterocycles. The van der Waals surface area contributed by atoms with Crippen LogP contribution in [-0.4, -0.2) is 34.7 Å². The highest BCUT2D eigenvalue weighted by atomic mass is 16.3. The molecule has 111 valence electrons. The lowest BCUT2D eigenvalue weighted by atomic mass is 9.91. The Morgan fingerprint density at radius 1 is 1.53 bits per heavy atom. The summed E-state index contributed by atoms with van der Waals surface area (Å²) < 4.78 is 0. The van der Waals surface area contributed by atoms with E-state index in [1.807, 2.05) is 11.9 Å². The van der Waals surface area contributed by atoms with E-state index < -0.39 is 5.60 Å². The molecule has 1 fully saturated rings. The lowest BCUT2D eigenvalue weighted by Crippen LogP contribution is -2.35. The Morgan fingerprint density at radius 2 is 2.21 bits per heavy atom. The summed E-state index contributed by atoms with van der Waals surface area (Å²) in [5.74, 6) is 0.741. The zero-order valence-electron chi connectivity index (χ0n) is 12.6. The van der Waals surface area contributed by atoms with Gasteiger partial charge < -0.3 is 5.11 Å². The number of amides is 1. The van der Waals surface area contributed by atoms with Gasteiger partial charge in [0.25, 0.3) is 0 Å². The van der Waals surface area contributed by atoms with Crippen LogP contribution in [0.2, 0.25) is 0 Å². The largest absolute Gasteiger partial charge is 0.390 e. The minimum Gasteiger partial charge on any atom is -0.390 e. The van der Waals surface area contributed by atoms with Crippen molar-refractivity contribution in [3.63, 3.8) is 0 Å². The van der Waals surface area contributed by atoms with Crippen LogP contribution in [0.5, 0.6) is 0 Å². The van der Waals surface area contributed by atoms with Crippen molar-refractivity contribution in [3.8, 4) is 0 Å². The Kier molecular flexibility index (Phi) is 6.27. The predicted molar refractivity (Wildman–Crippen MR) is 77.1 cm³/mol. The SMILES string of the molecule is [CH2]CC1CN(CCCC(C)(O)CCC(C)C)NC1=O. The van der Waals surface area contributed by atoms with Crippen molar-refractivity contribution in [2.75, 3.05) is 13.1 Å². The van der Waals surface area contributed by atoms with E-state index >= 15 is 0 Å². The number of hydrogen-bond acceptors (Lipinski definition) is 3. The van der Waals surface area contributed by atoms with Crippen LogP contribution in [0, 0.1) is 18.8 Å². The second kappa shape index (κ2) is 7.25. The van der Waals surface area contributed by atoms with Crippen molar-refractivity contribution in [2.24, 2.45) is 11.8 Å². The number of carbonyl (C=O) groups is 1. The molecule has 1 amide bonds. The Morgan fingerprint density at radius 3 is 2.74 bits per heavy atom. The first-order valence-corrected chi connectivity index (χ1v) is 7.41. The molecule has 2 unspecified atom stereocenters. The lowest BCUT2D eigenvalue weighted by molar-refractivity contribution is -0.123. The maximum Gasteiger partial charge on any atom is 0.238 e. The zero-order valence-corrected chi connectivity index (χ0v) is 12.6. The molecule has 1 rings (SSSR count). The molecule has 4 nitrogen and oxygen atoms in total. The van der Waals surface area contributed by atoms with E-state index in [1.165, 1.54) is 0 Å². The van der Waals surface area contributed by atoms with E-state index in [1.54, 1.807) is 0 Å². The first kappa shape index (κ1) is 16.4. The smallest absolute Gasteiger partial charge is 0.238 e. The monoisotopic (exact) mass is 269 g/mol. The number of nitrogens with zero attached hydrogens (tertiary/aromatic N) is 1. The average molecular weight is 269 g/mol. The summed E-state index contributed by atoms with van der Waals surface area (Å²) in [6.07, 6.45) is 4.22. The van der Waals surface area contributed by atoms with E-state index in [0.29, 0.717) is 12.3 Å². The molecule has 0 aromatic rings. The molecule has 0 aromatic carbocycles. The van der Waals surface area contributed by atoms with Crippen LogP contribution in [-0.2, 0) is 4.79 Å². The van der Waals surface area contributed by atoms with E-state index in [-0.39, 0.29) is 11.8 Å². The number of hydrogen-bond donors (Lipinski definition) is 2. The van der Waals surface area contributed by atoms with E-state index in [9.17, 15) is 9.90 Å². The number of aliphatic hydroxyl groups is 1.